The molecule has 1 unspecified atom stereocenters. The fourth-order valence-corrected chi connectivity index (χ4v) is 2.69. The second-order valence-corrected chi connectivity index (χ2v) is 4.93. The number of nitriles is 1. The van der Waals surface area contributed by atoms with Crippen molar-refractivity contribution in [1.29, 1.82) is 5.26 Å². The molecule has 0 radical (unpaired) electrons. The zero-order chi connectivity index (χ0) is 14.2. The summed E-state index contributed by atoms with van der Waals surface area (Å²) in [4.78, 5) is 25.0. The molecule has 2 aliphatic rings. The number of hydrogen-bond acceptors (Lipinski definition) is 3. The number of ketones is 1. The lowest BCUT2D eigenvalue weighted by Gasteiger charge is -2.52. The van der Waals surface area contributed by atoms with Crippen molar-refractivity contribution in [2.45, 2.75) is 12.1 Å². The summed E-state index contributed by atoms with van der Waals surface area (Å²) in [6.07, 6.45) is 6.17. The van der Waals surface area contributed by atoms with Gasteiger partial charge in [-0.1, -0.05) is 30.3 Å². The SMILES string of the molecule is N#CC1C(=O)N(Cc2ccccc2)C12C=CC(=O)C=C2. The number of nitrogens with zero attached hydrogens (tertiary/aromatic N) is 2. The van der Waals surface area contributed by atoms with Gasteiger partial charge in [0.1, 0.15) is 5.54 Å². The van der Waals surface area contributed by atoms with Crippen LogP contribution in [0.3, 0.4) is 0 Å². The zero-order valence-electron chi connectivity index (χ0n) is 10.7. The van der Waals surface area contributed by atoms with E-state index in [1.54, 1.807) is 17.1 Å². The molecule has 1 atom stereocenters. The molecule has 0 bridgehead atoms. The lowest BCUT2D eigenvalue weighted by Crippen LogP contribution is -2.68. The first-order valence-corrected chi connectivity index (χ1v) is 6.35. The Labute approximate surface area is 116 Å². The third-order valence-corrected chi connectivity index (χ3v) is 3.78. The highest BCUT2D eigenvalue weighted by Gasteiger charge is 2.58. The van der Waals surface area contributed by atoms with Crippen molar-refractivity contribution in [2.75, 3.05) is 0 Å². The van der Waals surface area contributed by atoms with Crippen molar-refractivity contribution in [3.63, 3.8) is 0 Å². The van der Waals surface area contributed by atoms with Crippen LogP contribution in [0.2, 0.25) is 0 Å². The first-order chi connectivity index (χ1) is 9.67. The van der Waals surface area contributed by atoms with Crippen LogP contribution in [0.25, 0.3) is 0 Å². The largest absolute Gasteiger partial charge is 0.323 e. The molecule has 1 aromatic carbocycles. The Morgan fingerprint density at radius 2 is 1.80 bits per heavy atom. The van der Waals surface area contributed by atoms with E-state index in [4.69, 9.17) is 0 Å². The first-order valence-electron chi connectivity index (χ1n) is 6.35. The molecule has 20 heavy (non-hydrogen) atoms. The predicted octanol–water partition coefficient (Wildman–Crippen LogP) is 1.60. The van der Waals surface area contributed by atoms with Gasteiger partial charge in [0.2, 0.25) is 5.91 Å². The number of β-lactam (4-membered cyclic amide) rings is 1. The van der Waals surface area contributed by atoms with Crippen LogP contribution in [0.15, 0.2) is 54.6 Å². The van der Waals surface area contributed by atoms with Gasteiger partial charge in [0, 0.05) is 6.54 Å². The van der Waals surface area contributed by atoms with Crippen molar-refractivity contribution in [3.05, 3.63) is 60.2 Å². The number of carbonyl (C=O) groups is 2. The third-order valence-electron chi connectivity index (χ3n) is 3.78. The van der Waals surface area contributed by atoms with Gasteiger partial charge in [0.25, 0.3) is 0 Å². The van der Waals surface area contributed by atoms with Crippen LogP contribution in [0.4, 0.5) is 0 Å². The van der Waals surface area contributed by atoms with E-state index < -0.39 is 11.5 Å². The van der Waals surface area contributed by atoms with E-state index in [-0.39, 0.29) is 11.7 Å². The fourth-order valence-electron chi connectivity index (χ4n) is 2.69. The van der Waals surface area contributed by atoms with Crippen LogP contribution in [-0.4, -0.2) is 22.1 Å². The van der Waals surface area contributed by atoms with Gasteiger partial charge in [-0.15, -0.1) is 0 Å². The Morgan fingerprint density at radius 1 is 1.15 bits per heavy atom. The molecule has 3 rings (SSSR count). The summed E-state index contributed by atoms with van der Waals surface area (Å²) in [6, 6.07) is 11.6. The summed E-state index contributed by atoms with van der Waals surface area (Å²) in [5.41, 5.74) is 0.227. The number of benzene rings is 1. The first kappa shape index (κ1) is 12.4. The Hall–Kier alpha value is -2.67. The quantitative estimate of drug-likeness (QED) is 0.762. The van der Waals surface area contributed by atoms with Crippen LogP contribution in [0.5, 0.6) is 0 Å². The van der Waals surface area contributed by atoms with Gasteiger partial charge in [-0.25, -0.2) is 0 Å². The maximum absolute atomic E-state index is 12.1. The Balaban J connectivity index is 1.92. The second kappa shape index (κ2) is 4.46. The average Bonchev–Trinajstić information content (AvgIpc) is 2.48. The smallest absolute Gasteiger partial charge is 0.244 e. The van der Waals surface area contributed by atoms with Crippen molar-refractivity contribution in [3.8, 4) is 6.07 Å². The molecule has 1 heterocycles. The van der Waals surface area contributed by atoms with Gasteiger partial charge >= 0.3 is 0 Å². The minimum atomic E-state index is -0.768. The summed E-state index contributed by atoms with van der Waals surface area (Å²) in [5, 5.41) is 9.17. The third kappa shape index (κ3) is 1.68. The molecule has 0 saturated carbocycles. The number of hydrogen-bond donors (Lipinski definition) is 0. The maximum atomic E-state index is 12.1. The number of allylic oxidation sites excluding steroid dienone is 2. The molecule has 1 aliphatic heterocycles. The van der Waals surface area contributed by atoms with E-state index in [1.165, 1.54) is 12.2 Å². The number of carbonyl (C=O) groups excluding carboxylic acids is 2. The van der Waals surface area contributed by atoms with Crippen molar-refractivity contribution in [2.24, 2.45) is 5.92 Å². The van der Waals surface area contributed by atoms with E-state index in [1.807, 2.05) is 36.4 Å². The zero-order valence-corrected chi connectivity index (χ0v) is 10.7. The molecule has 1 saturated heterocycles. The summed E-state index contributed by atoms with van der Waals surface area (Å²) >= 11 is 0. The predicted molar refractivity (Wildman–Crippen MR) is 72.1 cm³/mol. The van der Waals surface area contributed by atoms with Gasteiger partial charge in [0.05, 0.1) is 6.07 Å². The van der Waals surface area contributed by atoms with Gasteiger partial charge in [-0.05, 0) is 29.9 Å². The highest BCUT2D eigenvalue weighted by atomic mass is 16.2. The fraction of sp³-hybridized carbons (Fsp3) is 0.188. The molecule has 1 aromatic rings. The van der Waals surface area contributed by atoms with Crippen LogP contribution in [-0.2, 0) is 16.1 Å². The van der Waals surface area contributed by atoms with Gasteiger partial charge in [-0.2, -0.15) is 5.26 Å². The maximum Gasteiger partial charge on any atom is 0.244 e. The topological polar surface area (TPSA) is 61.2 Å². The molecule has 4 heteroatoms. The van der Waals surface area contributed by atoms with Crippen LogP contribution >= 0.6 is 0 Å². The monoisotopic (exact) mass is 264 g/mol. The van der Waals surface area contributed by atoms with Crippen molar-refractivity contribution in [1.82, 2.24) is 4.90 Å². The summed E-state index contributed by atoms with van der Waals surface area (Å²) in [6.45, 7) is 0.431. The lowest BCUT2D eigenvalue weighted by molar-refractivity contribution is -0.157. The standard InChI is InChI=1S/C16H12N2O2/c17-10-14-15(20)18(11-12-4-2-1-3-5-12)16(14)8-6-13(19)7-9-16/h1-9,14H,11H2. The highest BCUT2D eigenvalue weighted by molar-refractivity contribution is 6.03. The number of likely N-dealkylation sites (tertiary alicyclic amines) is 1. The normalized spacial score (nSPS) is 22.8. The van der Waals surface area contributed by atoms with Gasteiger partial charge in [0.15, 0.2) is 11.7 Å². The Bertz CT molecular complexity index is 651. The molecule has 1 fully saturated rings. The highest BCUT2D eigenvalue weighted by Crippen LogP contribution is 2.42. The molecule has 1 spiro atoms. The van der Waals surface area contributed by atoms with Crippen LogP contribution < -0.4 is 0 Å². The minimum absolute atomic E-state index is 0.119. The molecule has 4 nitrogen and oxygen atoms in total. The van der Waals surface area contributed by atoms with Crippen LogP contribution in [0.1, 0.15) is 5.56 Å². The van der Waals surface area contributed by atoms with Crippen molar-refractivity contribution >= 4 is 11.7 Å². The lowest BCUT2D eigenvalue weighted by atomic mass is 9.71. The van der Waals surface area contributed by atoms with Crippen molar-refractivity contribution < 1.29 is 9.59 Å². The number of rotatable bonds is 2. The summed E-state index contributed by atoms with van der Waals surface area (Å²) < 4.78 is 0. The van der Waals surface area contributed by atoms with E-state index in [9.17, 15) is 14.9 Å². The van der Waals surface area contributed by atoms with E-state index in [0.717, 1.165) is 5.56 Å². The molecular formula is C16H12N2O2. The number of amides is 1. The van der Waals surface area contributed by atoms with E-state index in [2.05, 4.69) is 0 Å². The summed E-state index contributed by atoms with van der Waals surface area (Å²) in [5.74, 6) is -1.06. The molecule has 0 aromatic heterocycles. The van der Waals surface area contributed by atoms with E-state index >= 15 is 0 Å². The molecule has 98 valence electrons. The summed E-state index contributed by atoms with van der Waals surface area (Å²) in [7, 11) is 0. The van der Waals surface area contributed by atoms with Gasteiger partial charge in [-0.3, -0.25) is 9.59 Å². The Morgan fingerprint density at radius 3 is 2.40 bits per heavy atom. The second-order valence-electron chi connectivity index (χ2n) is 4.93. The van der Waals surface area contributed by atoms with Crippen LogP contribution in [0, 0.1) is 17.2 Å². The molecular weight excluding hydrogens is 252 g/mol. The molecule has 1 amide bonds. The van der Waals surface area contributed by atoms with E-state index in [0.29, 0.717) is 6.54 Å². The average molecular weight is 264 g/mol. The molecule has 1 aliphatic carbocycles. The molecule has 0 N–H and O–H groups in total. The minimum Gasteiger partial charge on any atom is -0.323 e. The van der Waals surface area contributed by atoms with Gasteiger partial charge < -0.3 is 4.90 Å². The Kier molecular flexibility index (Phi) is 2.76.